The first-order valence-corrected chi connectivity index (χ1v) is 11.7. The number of hydrogen-bond acceptors (Lipinski definition) is 6. The van der Waals surface area contributed by atoms with Crippen LogP contribution in [0.2, 0.25) is 5.02 Å². The lowest BCUT2D eigenvalue weighted by molar-refractivity contribution is -0.137. The van der Waals surface area contributed by atoms with Gasteiger partial charge in [-0.25, -0.2) is 9.69 Å². The molecule has 0 radical (unpaired) electrons. The molecule has 0 atom stereocenters. The van der Waals surface area contributed by atoms with Crippen LogP contribution in [0.1, 0.15) is 22.8 Å². The number of halogens is 5. The minimum absolute atomic E-state index is 0.174. The molecular weight excluding hydrogens is 548 g/mol. The standard InChI is InChI=1S/C26H17Cl2F3N2O5/c1-2-37-19-5-3-4-6-20(19)38-25(36)14-7-10-16(11-8-14)32-22-21(28)23(34)33(24(22)35)18-13-15(26(29,30)31)9-12-17(18)27/h3-13,32H,2H2,1H3. The number of nitrogens with one attached hydrogen (secondary N) is 1. The second kappa shape index (κ2) is 10.8. The summed E-state index contributed by atoms with van der Waals surface area (Å²) in [6, 6.07) is 14.6. The summed E-state index contributed by atoms with van der Waals surface area (Å²) in [5.41, 5.74) is -1.49. The number of hydrogen-bond donors (Lipinski definition) is 1. The third-order valence-corrected chi connectivity index (χ3v) is 5.95. The highest BCUT2D eigenvalue weighted by Gasteiger charge is 2.41. The van der Waals surface area contributed by atoms with Crippen LogP contribution in [0.15, 0.2) is 77.5 Å². The van der Waals surface area contributed by atoms with E-state index in [9.17, 15) is 27.6 Å². The lowest BCUT2D eigenvalue weighted by Gasteiger charge is -2.18. The Hall–Kier alpha value is -4.02. The van der Waals surface area contributed by atoms with E-state index in [4.69, 9.17) is 32.7 Å². The number of para-hydroxylation sites is 2. The Balaban J connectivity index is 1.51. The summed E-state index contributed by atoms with van der Waals surface area (Å²) in [6.07, 6.45) is -4.72. The summed E-state index contributed by atoms with van der Waals surface area (Å²) in [5.74, 6) is -2.08. The van der Waals surface area contributed by atoms with Crippen molar-refractivity contribution in [1.82, 2.24) is 0 Å². The second-order valence-corrected chi connectivity index (χ2v) is 8.56. The van der Waals surface area contributed by atoms with Crippen LogP contribution in [0.3, 0.4) is 0 Å². The minimum atomic E-state index is -4.72. The van der Waals surface area contributed by atoms with E-state index >= 15 is 0 Å². The van der Waals surface area contributed by atoms with Gasteiger partial charge in [0.25, 0.3) is 11.8 Å². The number of carbonyl (C=O) groups is 3. The summed E-state index contributed by atoms with van der Waals surface area (Å²) in [5, 5.41) is 1.88. The van der Waals surface area contributed by atoms with E-state index in [1.54, 1.807) is 31.2 Å². The molecule has 0 saturated carbocycles. The zero-order valence-corrected chi connectivity index (χ0v) is 20.9. The number of benzene rings is 3. The highest BCUT2D eigenvalue weighted by atomic mass is 35.5. The topological polar surface area (TPSA) is 84.9 Å². The molecule has 38 heavy (non-hydrogen) atoms. The van der Waals surface area contributed by atoms with Crippen LogP contribution in [0, 0.1) is 0 Å². The zero-order valence-electron chi connectivity index (χ0n) is 19.4. The molecule has 1 aliphatic rings. The van der Waals surface area contributed by atoms with Crippen molar-refractivity contribution in [3.05, 3.63) is 93.6 Å². The van der Waals surface area contributed by atoms with Crippen LogP contribution in [0.4, 0.5) is 24.5 Å². The number of alkyl halides is 3. The maximum atomic E-state index is 13.2. The van der Waals surface area contributed by atoms with E-state index in [1.807, 2.05) is 0 Å². The van der Waals surface area contributed by atoms with Gasteiger partial charge in [0, 0.05) is 5.69 Å². The van der Waals surface area contributed by atoms with Gasteiger partial charge < -0.3 is 14.8 Å². The summed E-state index contributed by atoms with van der Waals surface area (Å²) in [7, 11) is 0. The summed E-state index contributed by atoms with van der Waals surface area (Å²) in [6.45, 7) is 2.17. The molecule has 4 rings (SSSR count). The van der Waals surface area contributed by atoms with Crippen molar-refractivity contribution in [2.45, 2.75) is 13.1 Å². The lowest BCUT2D eigenvalue weighted by atomic mass is 10.1. The normalized spacial score (nSPS) is 13.7. The van der Waals surface area contributed by atoms with Gasteiger partial charge in [-0.1, -0.05) is 35.3 Å². The molecule has 1 heterocycles. The number of esters is 1. The lowest BCUT2D eigenvalue weighted by Crippen LogP contribution is -2.32. The Labute approximate surface area is 224 Å². The molecule has 2 amide bonds. The van der Waals surface area contributed by atoms with Crippen molar-refractivity contribution >= 4 is 52.4 Å². The number of anilines is 2. The van der Waals surface area contributed by atoms with Crippen LogP contribution in [0.5, 0.6) is 11.5 Å². The number of amides is 2. The molecule has 0 unspecified atom stereocenters. The molecule has 12 heteroatoms. The van der Waals surface area contributed by atoms with Crippen molar-refractivity contribution in [1.29, 1.82) is 0 Å². The number of nitrogens with zero attached hydrogens (tertiary/aromatic N) is 1. The molecule has 0 spiro atoms. The fourth-order valence-corrected chi connectivity index (χ4v) is 3.91. The monoisotopic (exact) mass is 564 g/mol. The van der Waals surface area contributed by atoms with Gasteiger partial charge >= 0.3 is 12.1 Å². The fourth-order valence-electron chi connectivity index (χ4n) is 3.49. The van der Waals surface area contributed by atoms with Gasteiger partial charge in [0.15, 0.2) is 11.5 Å². The molecule has 3 aromatic rings. The molecule has 0 fully saturated rings. The van der Waals surface area contributed by atoms with Gasteiger partial charge in [-0.15, -0.1) is 0 Å². The van der Waals surface area contributed by atoms with Crippen LogP contribution in [-0.2, 0) is 15.8 Å². The molecule has 0 bridgehead atoms. The number of carbonyl (C=O) groups excluding carboxylic acids is 3. The molecular formula is C26H17Cl2F3N2O5. The largest absolute Gasteiger partial charge is 0.490 e. The molecule has 0 aliphatic carbocycles. The molecule has 3 aromatic carbocycles. The summed E-state index contributed by atoms with van der Waals surface area (Å²) in [4.78, 5) is 38.7. The Morgan fingerprint density at radius 3 is 2.24 bits per heavy atom. The van der Waals surface area contributed by atoms with Crippen LogP contribution < -0.4 is 19.7 Å². The maximum Gasteiger partial charge on any atom is 0.416 e. The Kier molecular flexibility index (Phi) is 7.66. The average molecular weight is 565 g/mol. The molecule has 0 aromatic heterocycles. The SMILES string of the molecule is CCOc1ccccc1OC(=O)c1ccc(NC2=C(Cl)C(=O)N(c3cc(C(F)(F)F)ccc3Cl)C2=O)cc1. The van der Waals surface area contributed by atoms with E-state index in [-0.39, 0.29) is 27.7 Å². The Morgan fingerprint density at radius 2 is 1.61 bits per heavy atom. The van der Waals surface area contributed by atoms with Crippen LogP contribution in [0.25, 0.3) is 0 Å². The first-order valence-electron chi connectivity index (χ1n) is 11.0. The Bertz CT molecular complexity index is 1460. The number of rotatable bonds is 7. The van der Waals surface area contributed by atoms with Gasteiger partial charge in [0.1, 0.15) is 10.7 Å². The van der Waals surface area contributed by atoms with Gasteiger partial charge in [-0.3, -0.25) is 9.59 Å². The number of ether oxygens (including phenoxy) is 2. The average Bonchev–Trinajstić information content (AvgIpc) is 3.08. The molecule has 196 valence electrons. The minimum Gasteiger partial charge on any atom is -0.490 e. The van der Waals surface area contributed by atoms with Gasteiger partial charge in [0.2, 0.25) is 0 Å². The van der Waals surface area contributed by atoms with Crippen LogP contribution in [-0.4, -0.2) is 24.4 Å². The second-order valence-electron chi connectivity index (χ2n) is 7.77. The van der Waals surface area contributed by atoms with E-state index in [1.165, 1.54) is 24.3 Å². The fraction of sp³-hybridized carbons (Fsp3) is 0.115. The number of imide groups is 1. The van der Waals surface area contributed by atoms with Crippen molar-refractivity contribution in [2.75, 3.05) is 16.8 Å². The third-order valence-electron chi connectivity index (χ3n) is 5.28. The van der Waals surface area contributed by atoms with E-state index in [0.717, 1.165) is 12.1 Å². The Morgan fingerprint density at radius 1 is 0.947 bits per heavy atom. The molecule has 1 aliphatic heterocycles. The van der Waals surface area contributed by atoms with Crippen molar-refractivity contribution < 1.29 is 37.0 Å². The highest BCUT2D eigenvalue weighted by Crippen LogP contribution is 2.39. The summed E-state index contributed by atoms with van der Waals surface area (Å²) < 4.78 is 50.3. The van der Waals surface area contributed by atoms with Crippen LogP contribution >= 0.6 is 23.2 Å². The van der Waals surface area contributed by atoms with Gasteiger partial charge in [-0.05, 0) is 61.5 Å². The van der Waals surface area contributed by atoms with E-state index < -0.39 is 40.2 Å². The third kappa shape index (κ3) is 5.46. The first kappa shape index (κ1) is 27.0. The van der Waals surface area contributed by atoms with E-state index in [2.05, 4.69) is 5.32 Å². The zero-order chi connectivity index (χ0) is 27.6. The predicted octanol–water partition coefficient (Wildman–Crippen LogP) is 6.41. The molecule has 7 nitrogen and oxygen atoms in total. The van der Waals surface area contributed by atoms with Crippen molar-refractivity contribution in [2.24, 2.45) is 0 Å². The first-order chi connectivity index (χ1) is 18.0. The summed E-state index contributed by atoms with van der Waals surface area (Å²) >= 11 is 12.1. The maximum absolute atomic E-state index is 13.2. The van der Waals surface area contributed by atoms with Crippen molar-refractivity contribution in [3.63, 3.8) is 0 Å². The van der Waals surface area contributed by atoms with Crippen molar-refractivity contribution in [3.8, 4) is 11.5 Å². The van der Waals surface area contributed by atoms with Gasteiger partial charge in [0.05, 0.1) is 28.4 Å². The van der Waals surface area contributed by atoms with E-state index in [0.29, 0.717) is 23.3 Å². The smallest absolute Gasteiger partial charge is 0.416 e. The quantitative estimate of drug-likeness (QED) is 0.203. The predicted molar refractivity (Wildman–Crippen MR) is 134 cm³/mol. The molecule has 0 saturated heterocycles. The molecule has 1 N–H and O–H groups in total. The van der Waals surface area contributed by atoms with Gasteiger partial charge in [-0.2, -0.15) is 13.2 Å². The highest BCUT2D eigenvalue weighted by molar-refractivity contribution is 6.53.